The lowest BCUT2D eigenvalue weighted by molar-refractivity contribution is -0.119. The van der Waals surface area contributed by atoms with E-state index in [1.807, 2.05) is 36.4 Å². The van der Waals surface area contributed by atoms with Crippen LogP contribution < -0.4 is 10.6 Å². The van der Waals surface area contributed by atoms with Crippen LogP contribution in [-0.2, 0) is 4.79 Å². The number of carbonyl (C=O) groups is 2. The number of nitrogens with zero attached hydrogens (tertiary/aromatic N) is 2. The first-order valence-corrected chi connectivity index (χ1v) is 11.0. The summed E-state index contributed by atoms with van der Waals surface area (Å²) >= 11 is 2.61. The number of amides is 2. The maximum atomic E-state index is 12.7. The summed E-state index contributed by atoms with van der Waals surface area (Å²) < 4.78 is 0.662. The van der Waals surface area contributed by atoms with Gasteiger partial charge in [0.25, 0.3) is 5.91 Å². The number of nitrogens with one attached hydrogen (secondary N) is 2. The molecule has 0 spiro atoms. The van der Waals surface area contributed by atoms with Gasteiger partial charge in [-0.25, -0.2) is 0 Å². The van der Waals surface area contributed by atoms with Crippen LogP contribution in [0.3, 0.4) is 0 Å². The number of aromatic nitrogens is 2. The first-order valence-electron chi connectivity index (χ1n) is 9.24. The summed E-state index contributed by atoms with van der Waals surface area (Å²) in [5.74, 6) is 0.111. The van der Waals surface area contributed by atoms with Crippen LogP contribution in [0.2, 0.25) is 0 Å². The maximum Gasteiger partial charge on any atom is 0.258 e. The van der Waals surface area contributed by atoms with Crippen LogP contribution in [0.25, 0.3) is 10.8 Å². The van der Waals surface area contributed by atoms with Crippen LogP contribution in [0.4, 0.5) is 5.13 Å². The average molecular weight is 413 g/mol. The SMILES string of the molecule is O=C(CSc1nnc(NC(=O)c2cccc3ccccc23)s1)NC1CCCC1. The Morgan fingerprint density at radius 1 is 1.07 bits per heavy atom. The Morgan fingerprint density at radius 2 is 1.86 bits per heavy atom. The number of hydrogen-bond donors (Lipinski definition) is 2. The molecule has 0 radical (unpaired) electrons. The number of rotatable bonds is 6. The van der Waals surface area contributed by atoms with E-state index in [0.717, 1.165) is 23.6 Å². The van der Waals surface area contributed by atoms with Gasteiger partial charge in [-0.1, -0.05) is 72.3 Å². The zero-order chi connectivity index (χ0) is 19.3. The van der Waals surface area contributed by atoms with Gasteiger partial charge in [-0.15, -0.1) is 10.2 Å². The third kappa shape index (κ3) is 4.51. The van der Waals surface area contributed by atoms with Gasteiger partial charge in [0.15, 0.2) is 4.34 Å². The molecule has 3 aromatic rings. The molecular formula is C20H20N4O2S2. The fourth-order valence-electron chi connectivity index (χ4n) is 3.37. The highest BCUT2D eigenvalue weighted by Crippen LogP contribution is 2.27. The molecule has 2 aromatic carbocycles. The molecule has 0 saturated heterocycles. The number of carbonyl (C=O) groups excluding carboxylic acids is 2. The molecule has 1 saturated carbocycles. The van der Waals surface area contributed by atoms with Crippen LogP contribution in [0.5, 0.6) is 0 Å². The Morgan fingerprint density at radius 3 is 2.71 bits per heavy atom. The number of fused-ring (bicyclic) bond motifs is 1. The van der Waals surface area contributed by atoms with Crippen LogP contribution >= 0.6 is 23.1 Å². The summed E-state index contributed by atoms with van der Waals surface area (Å²) in [6.07, 6.45) is 4.52. The molecule has 2 N–H and O–H groups in total. The van der Waals surface area contributed by atoms with E-state index in [-0.39, 0.29) is 11.8 Å². The van der Waals surface area contributed by atoms with Gasteiger partial charge < -0.3 is 5.32 Å². The van der Waals surface area contributed by atoms with Crippen LogP contribution in [-0.4, -0.2) is 33.8 Å². The second-order valence-corrected chi connectivity index (χ2v) is 8.89. The third-order valence-corrected chi connectivity index (χ3v) is 6.68. The van der Waals surface area contributed by atoms with Crippen molar-refractivity contribution in [3.8, 4) is 0 Å². The summed E-state index contributed by atoms with van der Waals surface area (Å²) in [5, 5.41) is 16.3. The van der Waals surface area contributed by atoms with Crippen LogP contribution in [0, 0.1) is 0 Å². The molecule has 2 amide bonds. The van der Waals surface area contributed by atoms with Crippen molar-refractivity contribution in [1.29, 1.82) is 0 Å². The molecule has 6 nitrogen and oxygen atoms in total. The molecule has 0 bridgehead atoms. The van der Waals surface area contributed by atoms with Crippen molar-refractivity contribution in [3.05, 3.63) is 48.0 Å². The Labute approximate surface area is 171 Å². The van der Waals surface area contributed by atoms with Crippen molar-refractivity contribution in [2.75, 3.05) is 11.1 Å². The minimum absolute atomic E-state index is 0.0217. The topological polar surface area (TPSA) is 84.0 Å². The first kappa shape index (κ1) is 18.9. The van der Waals surface area contributed by atoms with Crippen molar-refractivity contribution in [2.45, 2.75) is 36.1 Å². The molecule has 1 fully saturated rings. The summed E-state index contributed by atoms with van der Waals surface area (Å²) in [6, 6.07) is 13.7. The minimum Gasteiger partial charge on any atom is -0.353 e. The van der Waals surface area contributed by atoms with Crippen molar-refractivity contribution in [3.63, 3.8) is 0 Å². The molecule has 0 unspecified atom stereocenters. The molecule has 8 heteroatoms. The van der Waals surface area contributed by atoms with Gasteiger partial charge >= 0.3 is 0 Å². The number of benzene rings is 2. The van der Waals surface area contributed by atoms with Gasteiger partial charge in [-0.05, 0) is 29.7 Å². The molecule has 0 atom stereocenters. The fraction of sp³-hybridized carbons (Fsp3) is 0.300. The molecule has 144 valence electrons. The number of anilines is 1. The van der Waals surface area contributed by atoms with Crippen molar-refractivity contribution in [1.82, 2.24) is 15.5 Å². The summed E-state index contributed by atoms with van der Waals surface area (Å²) in [7, 11) is 0. The van der Waals surface area contributed by atoms with Gasteiger partial charge in [0.05, 0.1) is 5.75 Å². The zero-order valence-electron chi connectivity index (χ0n) is 15.2. The lowest BCUT2D eigenvalue weighted by atomic mass is 10.0. The van der Waals surface area contributed by atoms with Gasteiger partial charge in [0.2, 0.25) is 11.0 Å². The Balaban J connectivity index is 1.35. The van der Waals surface area contributed by atoms with Gasteiger partial charge in [0.1, 0.15) is 0 Å². The number of thioether (sulfide) groups is 1. The monoisotopic (exact) mass is 412 g/mol. The molecule has 1 heterocycles. The maximum absolute atomic E-state index is 12.7. The van der Waals surface area contributed by atoms with Crippen molar-refractivity contribution < 1.29 is 9.59 Å². The summed E-state index contributed by atoms with van der Waals surface area (Å²) in [5.41, 5.74) is 0.596. The van der Waals surface area contributed by atoms with E-state index < -0.39 is 0 Å². The van der Waals surface area contributed by atoms with E-state index in [4.69, 9.17) is 0 Å². The van der Waals surface area contributed by atoms with Crippen molar-refractivity contribution >= 4 is 50.8 Å². The van der Waals surface area contributed by atoms with E-state index in [2.05, 4.69) is 20.8 Å². The Kier molecular flexibility index (Phi) is 5.87. The standard InChI is InChI=1S/C20H20N4O2S2/c25-17(21-14-8-2-3-9-14)12-27-20-24-23-19(28-20)22-18(26)16-11-5-7-13-6-1-4-10-15(13)16/h1,4-7,10-11,14H,2-3,8-9,12H2,(H,21,25)(H,22,23,26). The normalized spacial score (nSPS) is 14.3. The van der Waals surface area contributed by atoms with E-state index >= 15 is 0 Å². The predicted molar refractivity (Wildman–Crippen MR) is 113 cm³/mol. The minimum atomic E-state index is -0.219. The van der Waals surface area contributed by atoms with Crippen molar-refractivity contribution in [2.24, 2.45) is 0 Å². The highest BCUT2D eigenvalue weighted by Gasteiger charge is 2.18. The fourth-order valence-corrected chi connectivity index (χ4v) is 4.93. The average Bonchev–Trinajstić information content (AvgIpc) is 3.38. The van der Waals surface area contributed by atoms with E-state index in [1.54, 1.807) is 6.07 Å². The molecule has 4 rings (SSSR count). The second kappa shape index (κ2) is 8.70. The predicted octanol–water partition coefficient (Wildman–Crippen LogP) is 4.09. The number of hydrogen-bond acceptors (Lipinski definition) is 6. The Hall–Kier alpha value is -2.45. The van der Waals surface area contributed by atoms with Crippen LogP contribution in [0.1, 0.15) is 36.0 Å². The largest absolute Gasteiger partial charge is 0.353 e. The second-order valence-electron chi connectivity index (χ2n) is 6.69. The quantitative estimate of drug-likeness (QED) is 0.470. The van der Waals surface area contributed by atoms with E-state index in [1.165, 1.54) is 35.9 Å². The summed E-state index contributed by atoms with van der Waals surface area (Å²) in [6.45, 7) is 0. The smallest absolute Gasteiger partial charge is 0.258 e. The van der Waals surface area contributed by atoms with E-state index in [0.29, 0.717) is 26.8 Å². The summed E-state index contributed by atoms with van der Waals surface area (Å²) in [4.78, 5) is 24.7. The zero-order valence-corrected chi connectivity index (χ0v) is 16.8. The lowest BCUT2D eigenvalue weighted by Gasteiger charge is -2.10. The molecule has 1 aromatic heterocycles. The molecule has 1 aliphatic carbocycles. The van der Waals surface area contributed by atoms with Crippen LogP contribution in [0.15, 0.2) is 46.8 Å². The molecule has 28 heavy (non-hydrogen) atoms. The van der Waals surface area contributed by atoms with E-state index in [9.17, 15) is 9.59 Å². The molecule has 0 aliphatic heterocycles. The molecule has 1 aliphatic rings. The Bertz CT molecular complexity index is 993. The third-order valence-electron chi connectivity index (χ3n) is 4.71. The lowest BCUT2D eigenvalue weighted by Crippen LogP contribution is -2.33. The van der Waals surface area contributed by atoms with Gasteiger partial charge in [-0.3, -0.25) is 14.9 Å². The first-order chi connectivity index (χ1) is 13.7. The van der Waals surface area contributed by atoms with Gasteiger partial charge in [-0.2, -0.15) is 0 Å². The highest BCUT2D eigenvalue weighted by molar-refractivity contribution is 8.01. The molecular weight excluding hydrogens is 392 g/mol. The highest BCUT2D eigenvalue weighted by atomic mass is 32.2. The van der Waals surface area contributed by atoms with Gasteiger partial charge in [0, 0.05) is 11.6 Å².